The Morgan fingerprint density at radius 2 is 1.61 bits per heavy atom. The van der Waals surface area contributed by atoms with Gasteiger partial charge in [0.15, 0.2) is 0 Å². The van der Waals surface area contributed by atoms with Gasteiger partial charge in [-0.25, -0.2) is 14.5 Å². The molecule has 0 bridgehead atoms. The van der Waals surface area contributed by atoms with Crippen molar-refractivity contribution in [3.05, 3.63) is 124 Å². The molecule has 5 heterocycles. The van der Waals surface area contributed by atoms with Crippen LogP contribution in [-0.2, 0) is 66.3 Å². The van der Waals surface area contributed by atoms with Gasteiger partial charge >= 0.3 is 5.97 Å². The quantitative estimate of drug-likeness (QED) is 0.0215. The van der Waals surface area contributed by atoms with Crippen molar-refractivity contribution in [3.8, 4) is 45.1 Å². The Morgan fingerprint density at radius 3 is 2.19 bits per heavy atom. The fourth-order valence-electron chi connectivity index (χ4n) is 9.24. The van der Waals surface area contributed by atoms with Crippen LogP contribution in [0.3, 0.4) is 0 Å². The zero-order valence-corrected chi connectivity index (χ0v) is 53.3. The van der Waals surface area contributed by atoms with Gasteiger partial charge in [-0.3, -0.25) is 9.59 Å². The lowest BCUT2D eigenvalue weighted by molar-refractivity contribution is -0.121. The van der Waals surface area contributed by atoms with E-state index in [-0.39, 0.29) is 23.1 Å². The molecule has 23 nitrogen and oxygen atoms in total. The van der Waals surface area contributed by atoms with E-state index >= 15 is 0 Å². The Morgan fingerprint density at radius 1 is 0.911 bits per heavy atom. The molecule has 1 aliphatic carbocycles. The SMILES string of the molecule is CC(C)(C)CC=O.CN1CCC(O)C1.Cc1ncsc1-c1ccc(CNC=O)c(OCCOCCOCCOCCOCCn2cc(CCc3ccc(Oc4nc5cc(-c6ccc7c(ccn7C)c6)c(Cl)cc5[nH]4)cc3C(=O)O)nn2)c1.N#CC1(C(N)=O)CC1. The van der Waals surface area contributed by atoms with Crippen molar-refractivity contribution >= 4 is 69.4 Å². The summed E-state index contributed by atoms with van der Waals surface area (Å²) >= 11 is 8.29. The molecule has 0 spiro atoms. The van der Waals surface area contributed by atoms with Gasteiger partial charge in [-0.2, -0.15) is 10.2 Å². The first-order valence-corrected chi connectivity index (χ1v) is 30.9. The largest absolute Gasteiger partial charge is 0.491 e. The van der Waals surface area contributed by atoms with Gasteiger partial charge in [0, 0.05) is 67.5 Å². The summed E-state index contributed by atoms with van der Waals surface area (Å²) in [4.78, 5) is 58.6. The van der Waals surface area contributed by atoms with Crippen molar-refractivity contribution < 1.29 is 57.8 Å². The van der Waals surface area contributed by atoms with Gasteiger partial charge in [0.05, 0.1) is 115 Å². The van der Waals surface area contributed by atoms with Crippen LogP contribution in [0.5, 0.6) is 17.5 Å². The number of imidazole rings is 1. The number of halogens is 1. The number of amides is 2. The first-order valence-electron chi connectivity index (χ1n) is 29.6. The maximum absolute atomic E-state index is 12.3. The minimum atomic E-state index is -1.06. The fourth-order valence-corrected chi connectivity index (χ4v) is 10.3. The number of hydrogen-bond donors (Lipinski definition) is 5. The highest BCUT2D eigenvalue weighted by atomic mass is 35.5. The summed E-state index contributed by atoms with van der Waals surface area (Å²) in [7, 11) is 4.03. The van der Waals surface area contributed by atoms with Crippen molar-refractivity contribution in [2.45, 2.75) is 85.4 Å². The molecular weight excluding hydrogens is 1190 g/mol. The van der Waals surface area contributed by atoms with Crippen LogP contribution >= 0.6 is 22.9 Å². The predicted molar refractivity (Wildman–Crippen MR) is 343 cm³/mol. The summed E-state index contributed by atoms with van der Waals surface area (Å²) in [6.07, 6.45) is 9.28. The van der Waals surface area contributed by atoms with Crippen molar-refractivity contribution in [2.75, 3.05) is 79.6 Å². The van der Waals surface area contributed by atoms with Crippen LogP contribution in [0.4, 0.5) is 0 Å². The number of carboxylic acids is 1. The monoisotopic (exact) mass is 1270 g/mol. The maximum atomic E-state index is 12.3. The van der Waals surface area contributed by atoms with Gasteiger partial charge in [-0.1, -0.05) is 61.9 Å². The minimum absolute atomic E-state index is 0.0509. The van der Waals surface area contributed by atoms with Gasteiger partial charge in [0.2, 0.25) is 12.3 Å². The number of fused-ring (bicyclic) bond motifs is 2. The molecule has 480 valence electrons. The molecule has 1 atom stereocenters. The highest BCUT2D eigenvalue weighted by Gasteiger charge is 2.49. The second-order valence-corrected chi connectivity index (χ2v) is 24.1. The molecular formula is C65H80ClN11O12S. The van der Waals surface area contributed by atoms with E-state index in [1.165, 1.54) is 6.07 Å². The number of rotatable bonds is 29. The molecule has 2 aliphatic rings. The molecule has 10 rings (SSSR count). The molecule has 1 unspecified atom stereocenters. The van der Waals surface area contributed by atoms with Crippen molar-refractivity contribution in [1.29, 1.82) is 5.26 Å². The zero-order valence-electron chi connectivity index (χ0n) is 51.7. The lowest BCUT2D eigenvalue weighted by Gasteiger charge is -2.13. The molecule has 8 aromatic rings. The lowest BCUT2D eigenvalue weighted by atomic mass is 9.93. The number of carboxylic acid groups (broad SMARTS) is 1. The van der Waals surface area contributed by atoms with Gasteiger partial charge < -0.3 is 68.9 Å². The number of aryl methyl sites for hydroxylation is 4. The van der Waals surface area contributed by atoms with E-state index < -0.39 is 17.3 Å². The molecule has 1 aliphatic heterocycles. The van der Waals surface area contributed by atoms with Crippen molar-refractivity contribution in [2.24, 2.45) is 23.6 Å². The van der Waals surface area contributed by atoms with E-state index in [1.807, 2.05) is 102 Å². The summed E-state index contributed by atoms with van der Waals surface area (Å²) in [6.45, 7) is 14.6. The Labute approximate surface area is 532 Å². The van der Waals surface area contributed by atoms with E-state index in [0.29, 0.717) is 144 Å². The number of hydrogen-bond acceptors (Lipinski definition) is 18. The first-order chi connectivity index (χ1) is 43.3. The summed E-state index contributed by atoms with van der Waals surface area (Å²) in [5.41, 5.74) is 14.8. The number of benzene rings is 4. The number of aliphatic hydroxyl groups is 1. The number of aliphatic hydroxyl groups excluding tert-OH is 1. The Balaban J connectivity index is 0.000000440. The molecule has 1 saturated heterocycles. The predicted octanol–water partition coefficient (Wildman–Crippen LogP) is 9.15. The van der Waals surface area contributed by atoms with Crippen LogP contribution in [0.15, 0.2) is 90.7 Å². The number of thiazole rings is 1. The van der Waals surface area contributed by atoms with Crippen molar-refractivity contribution in [1.82, 2.24) is 44.7 Å². The second-order valence-electron chi connectivity index (χ2n) is 22.9. The molecule has 4 aromatic carbocycles. The normalized spacial score (nSPS) is 14.1. The number of carbonyl (C=O) groups excluding carboxylic acids is 3. The molecule has 2 fully saturated rings. The molecule has 90 heavy (non-hydrogen) atoms. The molecule has 6 N–H and O–H groups in total. The number of likely N-dealkylation sites (N-methyl/N-ethyl adjacent to an activating group) is 1. The number of aromatic amines is 1. The average molecular weight is 1270 g/mol. The number of aromatic nitrogens is 7. The third-order valence-corrected chi connectivity index (χ3v) is 15.8. The third-order valence-electron chi connectivity index (χ3n) is 14.5. The number of ether oxygens (including phenoxy) is 6. The number of aldehydes is 1. The van der Waals surface area contributed by atoms with Crippen LogP contribution in [0.1, 0.15) is 79.3 Å². The number of aromatic carboxylic acids is 1. The van der Waals surface area contributed by atoms with E-state index in [9.17, 15) is 24.3 Å². The average Bonchev–Trinajstić information content (AvgIpc) is 1.63. The minimum Gasteiger partial charge on any atom is -0.491 e. The third kappa shape index (κ3) is 21.3. The Hall–Kier alpha value is -8.12. The van der Waals surface area contributed by atoms with Gasteiger partial charge in [-0.05, 0) is 117 Å². The number of nitrogens with two attached hydrogens (primary N) is 1. The zero-order chi connectivity index (χ0) is 64.6. The molecule has 25 heteroatoms. The van der Waals surface area contributed by atoms with Gasteiger partial charge in [0.1, 0.15) is 29.8 Å². The smallest absolute Gasteiger partial charge is 0.336 e. The fraction of sp³-hybridized carbons (Fsp3) is 0.431. The number of carbonyl (C=O) groups is 4. The van der Waals surface area contributed by atoms with Gasteiger partial charge in [-0.15, -0.1) is 16.4 Å². The van der Waals surface area contributed by atoms with Crippen LogP contribution in [0.2, 0.25) is 5.02 Å². The standard InChI is InChI=1S/C49H51ClN8O9S.C6H12O.C5H6N2O.C5H11NO/c1-32-47(68-31-52-32)36-3-4-37(28-51-30-59)46(24-36)66-22-21-65-20-19-64-18-17-63-16-15-62-14-13-58-29-38(55-56-58)8-5-33-6-9-39(25-41(33)48(60)61)67-49-53-43-26-40(42(50)27-44(43)54-49)34-7-10-45-35(23-34)11-12-57(45)2;1-6(2,3)4-5-7;6-3-5(1-2-5)4(7)8;1-6-3-2-5(7)4-6/h3-4,6-7,9-12,23-27,29-31H,5,8,13-22,28H2,1-2H3,(H,51,59)(H,53,54)(H,60,61);5H,4H2,1-3H3;1-2H2,(H2,7,8);5,7H,2-4H2,1H3. The number of likely N-dealkylation sites (tertiary alicyclic amines) is 1. The summed E-state index contributed by atoms with van der Waals surface area (Å²) in [6, 6.07) is 25.0. The lowest BCUT2D eigenvalue weighted by Crippen LogP contribution is -2.22. The molecule has 0 radical (unpaired) electrons. The summed E-state index contributed by atoms with van der Waals surface area (Å²) < 4.78 is 38.4. The number of nitriles is 1. The van der Waals surface area contributed by atoms with Crippen LogP contribution in [-0.4, -0.2) is 160 Å². The van der Waals surface area contributed by atoms with E-state index in [1.54, 1.807) is 28.2 Å². The van der Waals surface area contributed by atoms with Crippen LogP contribution < -0.4 is 20.5 Å². The second kappa shape index (κ2) is 34.2. The van der Waals surface area contributed by atoms with Crippen molar-refractivity contribution in [3.63, 3.8) is 0 Å². The molecule has 1 saturated carbocycles. The highest BCUT2D eigenvalue weighted by Crippen LogP contribution is 2.44. The maximum Gasteiger partial charge on any atom is 0.336 e. The van der Waals surface area contributed by atoms with E-state index in [2.05, 4.69) is 58.2 Å². The van der Waals surface area contributed by atoms with Crippen LogP contribution in [0.25, 0.3) is 43.5 Å². The topological polar surface area (TPSA) is 306 Å². The number of nitrogens with one attached hydrogen (secondary N) is 2. The Bertz CT molecular complexity index is 3670. The number of H-pyrrole nitrogens is 1. The van der Waals surface area contributed by atoms with E-state index in [4.69, 9.17) is 56.1 Å². The highest BCUT2D eigenvalue weighted by molar-refractivity contribution is 7.13. The number of nitrogens with zero attached hydrogens (tertiary/aromatic N) is 8. The summed E-state index contributed by atoms with van der Waals surface area (Å²) in [5, 5.41) is 40.0. The van der Waals surface area contributed by atoms with Gasteiger partial charge in [0.25, 0.3) is 6.01 Å². The summed E-state index contributed by atoms with van der Waals surface area (Å²) in [5.74, 6) is -0.514. The van der Waals surface area contributed by atoms with Crippen LogP contribution in [0, 0.1) is 29.1 Å². The Kier molecular flexibility index (Phi) is 26.3. The number of β-amino-alcohol motifs (C(OH)–C–C–N with tert-alkyl or cyclic N) is 1. The molecule has 4 aromatic heterocycles. The number of primary amides is 1. The molecule has 2 amide bonds. The first kappa shape index (κ1) is 69.4. The van der Waals surface area contributed by atoms with E-state index in [0.717, 1.165) is 75.2 Å².